The Hall–Kier alpha value is -2.19. The lowest BCUT2D eigenvalue weighted by atomic mass is 10.00. The summed E-state index contributed by atoms with van der Waals surface area (Å²) in [7, 11) is 0. The molecule has 0 amide bonds. The number of halogens is 2. The molecule has 0 bridgehead atoms. The van der Waals surface area contributed by atoms with Crippen LogP contribution in [0.25, 0.3) is 10.8 Å². The third-order valence-corrected chi connectivity index (χ3v) is 3.67. The molecule has 3 aromatic carbocycles. The van der Waals surface area contributed by atoms with Crippen LogP contribution in [0.1, 0.15) is 15.9 Å². The molecular formula is C18H12ClFO. The van der Waals surface area contributed by atoms with Crippen molar-refractivity contribution in [2.24, 2.45) is 0 Å². The fraction of sp³-hybridized carbons (Fsp3) is 0.0556. The number of carbonyl (C=O) groups is 1. The Labute approximate surface area is 127 Å². The number of hydrogen-bond acceptors (Lipinski definition) is 1. The van der Waals surface area contributed by atoms with Crippen molar-refractivity contribution >= 4 is 28.2 Å². The average Bonchev–Trinajstić information content (AvgIpc) is 2.49. The van der Waals surface area contributed by atoms with Crippen molar-refractivity contribution in [3.8, 4) is 0 Å². The number of Topliss-reactive ketones (excluding diaryl/α,β-unsaturated/α-hetero) is 1. The number of hydrogen-bond donors (Lipinski definition) is 0. The molecule has 0 heterocycles. The van der Waals surface area contributed by atoms with E-state index in [4.69, 9.17) is 11.6 Å². The summed E-state index contributed by atoms with van der Waals surface area (Å²) in [6.07, 6.45) is 0.0291. The van der Waals surface area contributed by atoms with E-state index in [2.05, 4.69) is 0 Å². The number of rotatable bonds is 3. The van der Waals surface area contributed by atoms with Crippen LogP contribution in [0.3, 0.4) is 0 Å². The van der Waals surface area contributed by atoms with Crippen LogP contribution in [0.5, 0.6) is 0 Å². The van der Waals surface area contributed by atoms with Crippen molar-refractivity contribution in [1.29, 1.82) is 0 Å². The summed E-state index contributed by atoms with van der Waals surface area (Å²) < 4.78 is 13.7. The standard InChI is InChI=1S/C18H12ClFO/c19-16-8-7-14(17(20)11-16)10-18(21)15-6-5-12-3-1-2-4-13(12)9-15/h1-9,11H,10H2. The fourth-order valence-corrected chi connectivity index (χ4v) is 2.46. The Morgan fingerprint density at radius 1 is 0.952 bits per heavy atom. The van der Waals surface area contributed by atoms with Gasteiger partial charge in [-0.15, -0.1) is 0 Å². The van der Waals surface area contributed by atoms with E-state index in [-0.39, 0.29) is 12.2 Å². The highest BCUT2D eigenvalue weighted by Crippen LogP contribution is 2.19. The van der Waals surface area contributed by atoms with Gasteiger partial charge < -0.3 is 0 Å². The van der Waals surface area contributed by atoms with Crippen LogP contribution < -0.4 is 0 Å². The monoisotopic (exact) mass is 298 g/mol. The zero-order valence-electron chi connectivity index (χ0n) is 11.1. The molecule has 0 spiro atoms. The van der Waals surface area contributed by atoms with Gasteiger partial charge in [-0.3, -0.25) is 4.79 Å². The van der Waals surface area contributed by atoms with Crippen LogP contribution in [-0.2, 0) is 6.42 Å². The largest absolute Gasteiger partial charge is 0.294 e. The Kier molecular flexibility index (Phi) is 3.72. The maximum atomic E-state index is 13.7. The second kappa shape index (κ2) is 5.66. The van der Waals surface area contributed by atoms with Gasteiger partial charge in [-0.1, -0.05) is 54.1 Å². The van der Waals surface area contributed by atoms with E-state index in [1.807, 2.05) is 36.4 Å². The van der Waals surface area contributed by atoms with Crippen LogP contribution in [0.2, 0.25) is 5.02 Å². The van der Waals surface area contributed by atoms with Gasteiger partial charge in [-0.05, 0) is 34.5 Å². The second-order valence-corrected chi connectivity index (χ2v) is 5.33. The summed E-state index contributed by atoms with van der Waals surface area (Å²) in [5.74, 6) is -0.557. The molecule has 0 fully saturated rings. The molecule has 0 atom stereocenters. The summed E-state index contributed by atoms with van der Waals surface area (Å²) in [4.78, 5) is 12.3. The molecule has 0 aliphatic rings. The van der Waals surface area contributed by atoms with Crippen molar-refractivity contribution in [3.05, 3.63) is 82.6 Å². The predicted octanol–water partition coefficient (Wildman–Crippen LogP) is 5.06. The first-order chi connectivity index (χ1) is 10.1. The van der Waals surface area contributed by atoms with E-state index in [9.17, 15) is 9.18 Å². The van der Waals surface area contributed by atoms with E-state index in [1.165, 1.54) is 6.07 Å². The second-order valence-electron chi connectivity index (χ2n) is 4.90. The van der Waals surface area contributed by atoms with E-state index < -0.39 is 5.82 Å². The fourth-order valence-electron chi connectivity index (χ4n) is 2.30. The molecule has 0 saturated carbocycles. The summed E-state index contributed by atoms with van der Waals surface area (Å²) in [6.45, 7) is 0. The van der Waals surface area contributed by atoms with Crippen LogP contribution in [0.15, 0.2) is 60.7 Å². The molecule has 21 heavy (non-hydrogen) atoms. The molecule has 104 valence electrons. The lowest BCUT2D eigenvalue weighted by Crippen LogP contribution is -2.05. The first kappa shape index (κ1) is 13.8. The highest BCUT2D eigenvalue weighted by Gasteiger charge is 2.11. The predicted molar refractivity (Wildman–Crippen MR) is 83.4 cm³/mol. The Morgan fingerprint density at radius 2 is 1.71 bits per heavy atom. The third-order valence-electron chi connectivity index (χ3n) is 3.44. The van der Waals surface area contributed by atoms with Gasteiger partial charge in [0.2, 0.25) is 0 Å². The number of fused-ring (bicyclic) bond motifs is 1. The van der Waals surface area contributed by atoms with Gasteiger partial charge in [0.05, 0.1) is 0 Å². The Balaban J connectivity index is 1.89. The molecule has 3 rings (SSSR count). The molecule has 0 aromatic heterocycles. The van der Waals surface area contributed by atoms with Crippen LogP contribution in [0.4, 0.5) is 4.39 Å². The molecule has 3 heteroatoms. The minimum absolute atomic E-state index is 0.0291. The molecule has 0 N–H and O–H groups in total. The molecule has 0 radical (unpaired) electrons. The van der Waals surface area contributed by atoms with Gasteiger partial charge in [0.25, 0.3) is 0 Å². The minimum atomic E-state index is -0.448. The van der Waals surface area contributed by atoms with Crippen molar-refractivity contribution in [2.75, 3.05) is 0 Å². The van der Waals surface area contributed by atoms with Crippen molar-refractivity contribution in [1.82, 2.24) is 0 Å². The number of ketones is 1. The highest BCUT2D eigenvalue weighted by molar-refractivity contribution is 6.30. The molecule has 3 aromatic rings. The maximum absolute atomic E-state index is 13.7. The number of carbonyl (C=O) groups excluding carboxylic acids is 1. The smallest absolute Gasteiger partial charge is 0.167 e. The molecule has 0 aliphatic heterocycles. The van der Waals surface area contributed by atoms with Gasteiger partial charge in [0.15, 0.2) is 5.78 Å². The lowest BCUT2D eigenvalue weighted by molar-refractivity contribution is 0.0992. The zero-order valence-corrected chi connectivity index (χ0v) is 11.9. The molecule has 0 unspecified atom stereocenters. The molecule has 0 saturated heterocycles. The van der Waals surface area contributed by atoms with Gasteiger partial charge >= 0.3 is 0 Å². The summed E-state index contributed by atoms with van der Waals surface area (Å²) in [6, 6.07) is 17.7. The molecule has 1 nitrogen and oxygen atoms in total. The normalized spacial score (nSPS) is 10.8. The molecule has 0 aliphatic carbocycles. The quantitative estimate of drug-likeness (QED) is 0.618. The minimum Gasteiger partial charge on any atom is -0.294 e. The number of benzene rings is 3. The Morgan fingerprint density at radius 3 is 2.48 bits per heavy atom. The van der Waals surface area contributed by atoms with Gasteiger partial charge in [-0.2, -0.15) is 0 Å². The van der Waals surface area contributed by atoms with Crippen molar-refractivity contribution < 1.29 is 9.18 Å². The summed E-state index contributed by atoms with van der Waals surface area (Å²) in [5.41, 5.74) is 0.945. The van der Waals surface area contributed by atoms with E-state index in [0.29, 0.717) is 16.1 Å². The topological polar surface area (TPSA) is 17.1 Å². The average molecular weight is 299 g/mol. The molecular weight excluding hydrogens is 287 g/mol. The Bertz CT molecular complexity index is 826. The van der Waals surface area contributed by atoms with Gasteiger partial charge in [0, 0.05) is 17.0 Å². The van der Waals surface area contributed by atoms with Gasteiger partial charge in [-0.25, -0.2) is 4.39 Å². The van der Waals surface area contributed by atoms with E-state index in [1.54, 1.807) is 18.2 Å². The maximum Gasteiger partial charge on any atom is 0.167 e. The van der Waals surface area contributed by atoms with Crippen molar-refractivity contribution in [3.63, 3.8) is 0 Å². The summed E-state index contributed by atoms with van der Waals surface area (Å²) in [5, 5.41) is 2.40. The van der Waals surface area contributed by atoms with Crippen LogP contribution >= 0.6 is 11.6 Å². The highest BCUT2D eigenvalue weighted by atomic mass is 35.5. The zero-order chi connectivity index (χ0) is 14.8. The van der Waals surface area contributed by atoms with Crippen LogP contribution in [-0.4, -0.2) is 5.78 Å². The SMILES string of the molecule is O=C(Cc1ccc(Cl)cc1F)c1ccc2ccccc2c1. The lowest BCUT2D eigenvalue weighted by Gasteiger charge is -2.05. The van der Waals surface area contributed by atoms with Gasteiger partial charge in [0.1, 0.15) is 5.82 Å². The first-order valence-electron chi connectivity index (χ1n) is 6.59. The van der Waals surface area contributed by atoms with E-state index in [0.717, 1.165) is 10.8 Å². The first-order valence-corrected chi connectivity index (χ1v) is 6.97. The summed E-state index contributed by atoms with van der Waals surface area (Å²) >= 11 is 5.71. The third kappa shape index (κ3) is 2.96. The van der Waals surface area contributed by atoms with Crippen molar-refractivity contribution in [2.45, 2.75) is 6.42 Å². The van der Waals surface area contributed by atoms with E-state index >= 15 is 0 Å². The van der Waals surface area contributed by atoms with Crippen LogP contribution in [0, 0.1) is 5.82 Å².